The fourth-order valence-electron chi connectivity index (χ4n) is 2.24. The number of hydrogen-bond donors (Lipinski definition) is 1. The molecular formula is C14H20FN3. The van der Waals surface area contributed by atoms with Gasteiger partial charge < -0.3 is 10.6 Å². The maximum Gasteiger partial charge on any atom is 0.191 e. The first-order valence-electron chi connectivity index (χ1n) is 6.31. The number of hydrogen-bond acceptors (Lipinski definition) is 3. The molecule has 1 atom stereocenters. The zero-order valence-corrected chi connectivity index (χ0v) is 11.2. The molecule has 2 N–H and O–H groups in total. The summed E-state index contributed by atoms with van der Waals surface area (Å²) in [5.41, 5.74) is 7.52. The van der Waals surface area contributed by atoms with Crippen molar-refractivity contribution < 1.29 is 4.39 Å². The summed E-state index contributed by atoms with van der Waals surface area (Å²) < 4.78 is 13.6. The van der Waals surface area contributed by atoms with Crippen LogP contribution >= 0.6 is 0 Å². The molecule has 1 aromatic rings. The topological polar surface area (TPSA) is 41.6 Å². The molecule has 0 radical (unpaired) electrons. The number of benzene rings is 1. The van der Waals surface area contributed by atoms with E-state index in [9.17, 15) is 4.39 Å². The lowest BCUT2D eigenvalue weighted by atomic mass is 10.0. The van der Waals surface area contributed by atoms with Crippen LogP contribution in [0, 0.1) is 18.7 Å². The molecule has 3 nitrogen and oxygen atoms in total. The van der Waals surface area contributed by atoms with E-state index >= 15 is 0 Å². The van der Waals surface area contributed by atoms with Crippen LogP contribution in [0.2, 0.25) is 0 Å². The van der Waals surface area contributed by atoms with Gasteiger partial charge in [0.25, 0.3) is 0 Å². The third-order valence-electron chi connectivity index (χ3n) is 3.24. The Morgan fingerprint density at radius 3 is 2.83 bits per heavy atom. The second kappa shape index (κ2) is 4.96. The van der Waals surface area contributed by atoms with E-state index in [4.69, 9.17) is 5.73 Å². The van der Waals surface area contributed by atoms with E-state index < -0.39 is 0 Å². The monoisotopic (exact) mass is 249 g/mol. The smallest absolute Gasteiger partial charge is 0.191 e. The molecule has 1 aromatic carbocycles. The second-order valence-electron chi connectivity index (χ2n) is 5.27. The van der Waals surface area contributed by atoms with E-state index in [-0.39, 0.29) is 11.9 Å². The summed E-state index contributed by atoms with van der Waals surface area (Å²) in [6.45, 7) is 7.50. The van der Waals surface area contributed by atoms with E-state index in [0.717, 1.165) is 12.1 Å². The first-order valence-corrected chi connectivity index (χ1v) is 6.31. The van der Waals surface area contributed by atoms with Crippen molar-refractivity contribution in [1.29, 1.82) is 0 Å². The fourth-order valence-corrected chi connectivity index (χ4v) is 2.24. The van der Waals surface area contributed by atoms with Crippen molar-refractivity contribution in [2.45, 2.75) is 26.8 Å². The molecule has 1 aliphatic heterocycles. The van der Waals surface area contributed by atoms with Gasteiger partial charge in [-0.15, -0.1) is 0 Å². The van der Waals surface area contributed by atoms with Gasteiger partial charge in [-0.3, -0.25) is 4.99 Å². The molecule has 0 fully saturated rings. The summed E-state index contributed by atoms with van der Waals surface area (Å²) in [5.74, 6) is 0.895. The van der Waals surface area contributed by atoms with Gasteiger partial charge in [-0.2, -0.15) is 0 Å². The average molecular weight is 249 g/mol. The number of aryl methyl sites for hydroxylation is 1. The maximum atomic E-state index is 13.6. The van der Waals surface area contributed by atoms with Crippen LogP contribution in [0.1, 0.15) is 31.0 Å². The van der Waals surface area contributed by atoms with Crippen molar-refractivity contribution in [2.75, 3.05) is 13.1 Å². The lowest BCUT2D eigenvalue weighted by Gasteiger charge is -2.28. The molecule has 0 saturated heterocycles. The molecule has 1 unspecified atom stereocenters. The van der Waals surface area contributed by atoms with Crippen LogP contribution in [-0.4, -0.2) is 23.9 Å². The van der Waals surface area contributed by atoms with Gasteiger partial charge in [0.1, 0.15) is 5.82 Å². The number of nitrogens with zero attached hydrogens (tertiary/aromatic N) is 2. The first-order chi connectivity index (χ1) is 8.49. The Balaban J connectivity index is 2.24. The second-order valence-corrected chi connectivity index (χ2v) is 5.27. The highest BCUT2D eigenvalue weighted by atomic mass is 19.1. The van der Waals surface area contributed by atoms with E-state index in [2.05, 4.69) is 23.7 Å². The lowest BCUT2D eigenvalue weighted by Crippen LogP contribution is -2.38. The Morgan fingerprint density at radius 2 is 2.22 bits per heavy atom. The number of rotatable bonds is 3. The first kappa shape index (κ1) is 12.9. The predicted molar refractivity (Wildman–Crippen MR) is 71.9 cm³/mol. The summed E-state index contributed by atoms with van der Waals surface area (Å²) in [6.07, 6.45) is 0. The summed E-state index contributed by atoms with van der Waals surface area (Å²) in [6, 6.07) is 5.45. The molecule has 0 saturated carbocycles. The van der Waals surface area contributed by atoms with Crippen molar-refractivity contribution in [3.05, 3.63) is 35.1 Å². The Kier molecular flexibility index (Phi) is 3.55. The van der Waals surface area contributed by atoms with Gasteiger partial charge in [0.05, 0.1) is 12.6 Å². The van der Waals surface area contributed by atoms with Gasteiger partial charge in [-0.05, 0) is 30.0 Å². The molecular weight excluding hydrogens is 229 g/mol. The van der Waals surface area contributed by atoms with Gasteiger partial charge in [-0.25, -0.2) is 4.39 Å². The van der Waals surface area contributed by atoms with Crippen molar-refractivity contribution in [2.24, 2.45) is 16.6 Å². The highest BCUT2D eigenvalue weighted by molar-refractivity contribution is 5.80. The van der Waals surface area contributed by atoms with Crippen LogP contribution in [-0.2, 0) is 0 Å². The van der Waals surface area contributed by atoms with Gasteiger partial charge in [0.15, 0.2) is 5.96 Å². The lowest BCUT2D eigenvalue weighted by molar-refractivity contribution is 0.309. The van der Waals surface area contributed by atoms with Crippen LogP contribution in [0.3, 0.4) is 0 Å². The van der Waals surface area contributed by atoms with Crippen molar-refractivity contribution in [3.63, 3.8) is 0 Å². The van der Waals surface area contributed by atoms with Crippen LogP contribution in [0.4, 0.5) is 4.39 Å². The van der Waals surface area contributed by atoms with Gasteiger partial charge in [0.2, 0.25) is 0 Å². The number of aliphatic imine (C=N–C) groups is 1. The number of guanidine groups is 1. The summed E-state index contributed by atoms with van der Waals surface area (Å²) >= 11 is 0. The molecule has 18 heavy (non-hydrogen) atoms. The number of halogens is 1. The SMILES string of the molecule is Cc1ccc(C2CN=C(N)N2CC(C)C)cc1F. The molecule has 1 heterocycles. The third kappa shape index (κ3) is 2.47. The Hall–Kier alpha value is -1.58. The van der Waals surface area contributed by atoms with E-state index in [1.165, 1.54) is 0 Å². The van der Waals surface area contributed by atoms with Gasteiger partial charge in [0, 0.05) is 6.54 Å². The normalized spacial score (nSPS) is 19.5. The number of nitrogens with two attached hydrogens (primary N) is 1. The van der Waals surface area contributed by atoms with E-state index in [0.29, 0.717) is 24.0 Å². The summed E-state index contributed by atoms with van der Waals surface area (Å²) in [4.78, 5) is 6.34. The van der Waals surface area contributed by atoms with Crippen LogP contribution < -0.4 is 5.73 Å². The highest BCUT2D eigenvalue weighted by Crippen LogP contribution is 2.27. The molecule has 98 valence electrons. The molecule has 0 aromatic heterocycles. The maximum absolute atomic E-state index is 13.6. The van der Waals surface area contributed by atoms with Crippen LogP contribution in [0.15, 0.2) is 23.2 Å². The largest absolute Gasteiger partial charge is 0.370 e. The van der Waals surface area contributed by atoms with E-state index in [1.54, 1.807) is 13.0 Å². The van der Waals surface area contributed by atoms with Crippen LogP contribution in [0.5, 0.6) is 0 Å². The summed E-state index contributed by atoms with van der Waals surface area (Å²) in [7, 11) is 0. The van der Waals surface area contributed by atoms with E-state index in [1.807, 2.05) is 12.1 Å². The molecule has 2 rings (SSSR count). The average Bonchev–Trinajstić information content (AvgIpc) is 2.64. The summed E-state index contributed by atoms with van der Waals surface area (Å²) in [5, 5.41) is 0. The van der Waals surface area contributed by atoms with Crippen molar-refractivity contribution >= 4 is 5.96 Å². The van der Waals surface area contributed by atoms with Gasteiger partial charge in [-0.1, -0.05) is 26.0 Å². The molecule has 0 bridgehead atoms. The minimum atomic E-state index is -0.164. The standard InChI is InChI=1S/C14H20FN3/c1-9(2)8-18-13(7-17-14(18)16)11-5-4-10(3)12(15)6-11/h4-6,9,13H,7-8H2,1-3H3,(H2,16,17). The highest BCUT2D eigenvalue weighted by Gasteiger charge is 2.28. The zero-order chi connectivity index (χ0) is 13.3. The Bertz CT molecular complexity index is 468. The zero-order valence-electron chi connectivity index (χ0n) is 11.2. The third-order valence-corrected chi connectivity index (χ3v) is 3.24. The Morgan fingerprint density at radius 1 is 1.50 bits per heavy atom. The molecule has 0 spiro atoms. The minimum absolute atomic E-state index is 0.0718. The molecule has 1 aliphatic rings. The predicted octanol–water partition coefficient (Wildman–Crippen LogP) is 2.46. The van der Waals surface area contributed by atoms with Crippen molar-refractivity contribution in [1.82, 2.24) is 4.90 Å². The van der Waals surface area contributed by atoms with Crippen LogP contribution in [0.25, 0.3) is 0 Å². The molecule has 0 amide bonds. The van der Waals surface area contributed by atoms with Gasteiger partial charge >= 0.3 is 0 Å². The minimum Gasteiger partial charge on any atom is -0.370 e. The molecule has 4 heteroatoms. The quantitative estimate of drug-likeness (QED) is 0.894. The molecule has 0 aliphatic carbocycles. The van der Waals surface area contributed by atoms with Crippen molar-refractivity contribution in [3.8, 4) is 0 Å². The fraction of sp³-hybridized carbons (Fsp3) is 0.500. The Labute approximate surface area is 108 Å².